The summed E-state index contributed by atoms with van der Waals surface area (Å²) < 4.78 is 12.3. The number of fused-ring (bicyclic) bond motifs is 1. The van der Waals surface area contributed by atoms with Crippen molar-refractivity contribution in [2.75, 3.05) is 13.1 Å². The molecule has 2 aliphatic rings. The molecular weight excluding hydrogens is 402 g/mol. The second-order valence-corrected chi connectivity index (χ2v) is 9.08. The Kier molecular flexibility index (Phi) is 4.94. The second-order valence-electron chi connectivity index (χ2n) is 8.17. The van der Waals surface area contributed by atoms with Crippen molar-refractivity contribution in [1.82, 2.24) is 4.90 Å². The van der Waals surface area contributed by atoms with Crippen LogP contribution in [-0.2, 0) is 9.53 Å². The first-order valence-electron chi connectivity index (χ1n) is 8.74. The first-order chi connectivity index (χ1) is 12.1. The van der Waals surface area contributed by atoms with Crippen molar-refractivity contribution in [2.24, 2.45) is 11.8 Å². The fraction of sp³-hybridized carbons (Fsp3) is 0.579. The van der Waals surface area contributed by atoms with Gasteiger partial charge in [0.1, 0.15) is 11.4 Å². The Morgan fingerprint density at radius 2 is 1.69 bits per heavy atom. The smallest absolute Gasteiger partial charge is 0.410 e. The minimum atomic E-state index is -1.23. The van der Waals surface area contributed by atoms with E-state index in [9.17, 15) is 14.7 Å². The van der Waals surface area contributed by atoms with Gasteiger partial charge in [0.05, 0.1) is 0 Å². The molecule has 0 bridgehead atoms. The van der Waals surface area contributed by atoms with E-state index in [0.29, 0.717) is 31.7 Å². The first kappa shape index (κ1) is 19.0. The van der Waals surface area contributed by atoms with E-state index in [4.69, 9.17) is 9.47 Å². The molecule has 26 heavy (non-hydrogen) atoms. The van der Waals surface area contributed by atoms with Gasteiger partial charge in [-0.25, -0.2) is 9.59 Å². The van der Waals surface area contributed by atoms with Gasteiger partial charge in [-0.1, -0.05) is 15.9 Å². The van der Waals surface area contributed by atoms with E-state index in [-0.39, 0.29) is 17.9 Å². The zero-order chi connectivity index (χ0) is 19.1. The molecule has 6 nitrogen and oxygen atoms in total. The SMILES string of the molecule is CC(C)(C)OC(=O)N1C[C@@H]2CC(Oc3ccc(Br)cc3)(C(=O)O)C[C@@H]2C1. The van der Waals surface area contributed by atoms with Gasteiger partial charge >= 0.3 is 12.1 Å². The fourth-order valence-electron chi connectivity index (χ4n) is 3.84. The van der Waals surface area contributed by atoms with Crippen LogP contribution < -0.4 is 4.74 Å². The Labute approximate surface area is 161 Å². The Morgan fingerprint density at radius 3 is 2.15 bits per heavy atom. The molecule has 142 valence electrons. The van der Waals surface area contributed by atoms with Gasteiger partial charge in [-0.2, -0.15) is 0 Å². The molecule has 3 rings (SSSR count). The zero-order valence-electron chi connectivity index (χ0n) is 15.2. The van der Waals surface area contributed by atoms with Crippen molar-refractivity contribution in [3.05, 3.63) is 28.7 Å². The summed E-state index contributed by atoms with van der Waals surface area (Å²) in [5.41, 5.74) is -1.77. The second kappa shape index (κ2) is 6.76. The van der Waals surface area contributed by atoms with Crippen molar-refractivity contribution in [3.8, 4) is 5.75 Å². The van der Waals surface area contributed by atoms with E-state index in [0.717, 1.165) is 4.47 Å². The number of rotatable bonds is 3. The molecule has 1 heterocycles. The van der Waals surface area contributed by atoms with Crippen molar-refractivity contribution in [3.63, 3.8) is 0 Å². The number of carboxylic acid groups (broad SMARTS) is 1. The average molecular weight is 426 g/mol. The molecular formula is C19H24BrNO5. The highest BCUT2D eigenvalue weighted by atomic mass is 79.9. The topological polar surface area (TPSA) is 76.1 Å². The van der Waals surface area contributed by atoms with Crippen molar-refractivity contribution >= 4 is 28.0 Å². The summed E-state index contributed by atoms with van der Waals surface area (Å²) in [7, 11) is 0. The number of halogens is 1. The molecule has 0 aromatic heterocycles. The average Bonchev–Trinajstić information content (AvgIpc) is 3.04. The fourth-order valence-corrected chi connectivity index (χ4v) is 4.10. The van der Waals surface area contributed by atoms with Crippen LogP contribution in [0.3, 0.4) is 0 Å². The van der Waals surface area contributed by atoms with Crippen molar-refractivity contribution in [1.29, 1.82) is 0 Å². The highest BCUT2D eigenvalue weighted by Crippen LogP contribution is 2.46. The maximum atomic E-state index is 12.3. The summed E-state index contributed by atoms with van der Waals surface area (Å²) in [5, 5.41) is 9.82. The predicted molar refractivity (Wildman–Crippen MR) is 99.2 cm³/mol. The van der Waals surface area contributed by atoms with Crippen molar-refractivity contribution in [2.45, 2.75) is 44.8 Å². The van der Waals surface area contributed by atoms with Crippen LogP contribution in [0.2, 0.25) is 0 Å². The van der Waals surface area contributed by atoms with Crippen LogP contribution in [0.25, 0.3) is 0 Å². The summed E-state index contributed by atoms with van der Waals surface area (Å²) in [6.45, 7) is 6.53. The number of amides is 1. The monoisotopic (exact) mass is 425 g/mol. The zero-order valence-corrected chi connectivity index (χ0v) is 16.8. The van der Waals surface area contributed by atoms with Gasteiger partial charge in [0.2, 0.25) is 5.60 Å². The highest BCUT2D eigenvalue weighted by molar-refractivity contribution is 9.10. The van der Waals surface area contributed by atoms with Crippen molar-refractivity contribution < 1.29 is 24.2 Å². The number of hydrogen-bond donors (Lipinski definition) is 1. The van der Waals surface area contributed by atoms with Gasteiger partial charge in [-0.3, -0.25) is 0 Å². The molecule has 7 heteroatoms. The van der Waals surface area contributed by atoms with Crippen LogP contribution in [0.4, 0.5) is 4.79 Å². The molecule has 1 aliphatic heterocycles. The van der Waals surface area contributed by atoms with E-state index in [1.165, 1.54) is 0 Å². The molecule has 0 spiro atoms. The van der Waals surface area contributed by atoms with Crippen LogP contribution in [0.15, 0.2) is 28.7 Å². The van der Waals surface area contributed by atoms with Crippen LogP contribution in [0, 0.1) is 11.8 Å². The lowest BCUT2D eigenvalue weighted by Crippen LogP contribution is -2.44. The number of carboxylic acids is 1. The third-order valence-electron chi connectivity index (χ3n) is 4.93. The maximum Gasteiger partial charge on any atom is 0.410 e. The number of hydrogen-bond acceptors (Lipinski definition) is 4. The molecule has 2 fully saturated rings. The third-order valence-corrected chi connectivity index (χ3v) is 5.46. The number of likely N-dealkylation sites (tertiary alicyclic amines) is 1. The number of nitrogens with zero attached hydrogens (tertiary/aromatic N) is 1. The summed E-state index contributed by atoms with van der Waals surface area (Å²) >= 11 is 3.36. The quantitative estimate of drug-likeness (QED) is 0.793. The lowest BCUT2D eigenvalue weighted by atomic mass is 9.99. The summed E-state index contributed by atoms with van der Waals surface area (Å²) in [6, 6.07) is 7.17. The molecule has 1 aromatic rings. The van der Waals surface area contributed by atoms with Gasteiger partial charge in [-0.05, 0) is 56.9 Å². The Bertz CT molecular complexity index is 683. The molecule has 3 atom stereocenters. The largest absolute Gasteiger partial charge is 0.478 e. The predicted octanol–water partition coefficient (Wildman–Crippen LogP) is 3.93. The molecule has 1 N–H and O–H groups in total. The molecule has 1 saturated carbocycles. The van der Waals surface area contributed by atoms with Gasteiger partial charge in [0.15, 0.2) is 0 Å². The minimum absolute atomic E-state index is 0.106. The lowest BCUT2D eigenvalue weighted by molar-refractivity contribution is -0.155. The Balaban J connectivity index is 1.68. The van der Waals surface area contributed by atoms with Crippen LogP contribution in [-0.4, -0.2) is 46.4 Å². The number of aliphatic carboxylic acids is 1. The molecule has 1 aliphatic carbocycles. The van der Waals surface area contributed by atoms with Gasteiger partial charge in [-0.15, -0.1) is 0 Å². The number of carbonyl (C=O) groups excluding carboxylic acids is 1. The maximum absolute atomic E-state index is 12.3. The van der Waals surface area contributed by atoms with E-state index in [1.54, 1.807) is 17.0 Å². The molecule has 1 amide bonds. The van der Waals surface area contributed by atoms with Gasteiger partial charge < -0.3 is 19.5 Å². The van der Waals surface area contributed by atoms with E-state index < -0.39 is 17.2 Å². The van der Waals surface area contributed by atoms with E-state index in [1.807, 2.05) is 32.9 Å². The highest BCUT2D eigenvalue weighted by Gasteiger charge is 2.56. The third kappa shape index (κ3) is 3.98. The summed E-state index contributed by atoms with van der Waals surface area (Å²) in [4.78, 5) is 25.9. The lowest BCUT2D eigenvalue weighted by Gasteiger charge is -2.29. The number of carbonyl (C=O) groups is 2. The summed E-state index contributed by atoms with van der Waals surface area (Å²) in [6.07, 6.45) is 0.451. The van der Waals surface area contributed by atoms with Gasteiger partial charge in [0.25, 0.3) is 0 Å². The molecule has 0 radical (unpaired) electrons. The Hall–Kier alpha value is -1.76. The standard InChI is InChI=1S/C19H24BrNO5/c1-18(2,3)26-17(24)21-10-12-8-19(16(22)23,9-13(12)11-21)25-15-6-4-14(20)5-7-15/h4-7,12-13H,8-11H2,1-3H3,(H,22,23)/t12-,13+,19?. The Morgan fingerprint density at radius 1 is 1.15 bits per heavy atom. The number of ether oxygens (including phenoxy) is 2. The van der Waals surface area contributed by atoms with Crippen LogP contribution in [0.1, 0.15) is 33.6 Å². The molecule has 1 aromatic carbocycles. The van der Waals surface area contributed by atoms with E-state index in [2.05, 4.69) is 15.9 Å². The molecule has 1 saturated heterocycles. The first-order valence-corrected chi connectivity index (χ1v) is 9.53. The van der Waals surface area contributed by atoms with E-state index >= 15 is 0 Å². The number of benzene rings is 1. The van der Waals surface area contributed by atoms with Gasteiger partial charge in [0, 0.05) is 30.4 Å². The molecule has 1 unspecified atom stereocenters. The van der Waals surface area contributed by atoms with Crippen LogP contribution >= 0.6 is 15.9 Å². The summed E-state index contributed by atoms with van der Waals surface area (Å²) in [5.74, 6) is -0.193. The minimum Gasteiger partial charge on any atom is -0.478 e. The normalized spacial score (nSPS) is 27.9. The van der Waals surface area contributed by atoms with Crippen LogP contribution in [0.5, 0.6) is 5.75 Å².